The Morgan fingerprint density at radius 2 is 1.46 bits per heavy atom. The first-order chi connectivity index (χ1) is 12.0. The molecule has 0 spiro atoms. The molecular weight excluding hydrogens is 417 g/mol. The number of hydrogen-bond donors (Lipinski definition) is 0. The molecule has 2 aliphatic rings. The molecule has 2 fully saturated rings. The zero-order chi connectivity index (χ0) is 19.4. The second-order valence-corrected chi connectivity index (χ2v) is 26.3. The van der Waals surface area contributed by atoms with Crippen LogP contribution in [0.15, 0.2) is 0 Å². The van der Waals surface area contributed by atoms with Gasteiger partial charge in [-0.15, -0.1) is 0 Å². The minimum absolute atomic E-state index is 0.331. The highest BCUT2D eigenvalue weighted by Gasteiger charge is 2.45. The van der Waals surface area contributed by atoms with E-state index in [0.717, 1.165) is 31.7 Å². The molecule has 0 aromatic rings. The van der Waals surface area contributed by atoms with Gasteiger partial charge in [-0.25, -0.2) is 0 Å². The maximum absolute atomic E-state index is 6.50. The van der Waals surface area contributed by atoms with Gasteiger partial charge in [-0.1, -0.05) is 25.7 Å². The summed E-state index contributed by atoms with van der Waals surface area (Å²) in [6.07, 6.45) is 1.29. The fourth-order valence-corrected chi connectivity index (χ4v) is 24.6. The summed E-state index contributed by atoms with van der Waals surface area (Å²) < 4.78 is 36.8. The third-order valence-corrected chi connectivity index (χ3v) is 22.6. The number of rotatable bonds is 9. The maximum atomic E-state index is 6.50. The molecule has 2 saturated heterocycles. The van der Waals surface area contributed by atoms with Crippen LogP contribution in [0.5, 0.6) is 0 Å². The van der Waals surface area contributed by atoms with Gasteiger partial charge in [-0.2, -0.15) is 0 Å². The van der Waals surface area contributed by atoms with Crippen LogP contribution in [-0.4, -0.2) is 69.7 Å². The van der Waals surface area contributed by atoms with E-state index in [-0.39, 0.29) is 0 Å². The largest absolute Gasteiger partial charge is 0.418 e. The third kappa shape index (κ3) is 8.90. The lowest BCUT2D eigenvalue weighted by atomic mass is 10.5. The Bertz CT molecular complexity index is 431. The van der Waals surface area contributed by atoms with Crippen molar-refractivity contribution in [2.45, 2.75) is 76.5 Å². The average Bonchev–Trinajstić information content (AvgIpc) is 3.26. The second kappa shape index (κ2) is 9.56. The summed E-state index contributed by atoms with van der Waals surface area (Å²) in [5, 5.41) is 0. The molecule has 0 bridgehead atoms. The smallest absolute Gasteiger partial charge is 0.317 e. The predicted octanol–water partition coefficient (Wildman–Crippen LogP) is 3.05. The Hall–Kier alpha value is 0.844. The van der Waals surface area contributed by atoms with Gasteiger partial charge in [-0.05, 0) is 44.7 Å². The molecular formula is C15H38O6Si5. The first kappa shape index (κ1) is 23.1. The fourth-order valence-electron chi connectivity index (χ4n) is 3.22. The van der Waals surface area contributed by atoms with Crippen LogP contribution < -0.4 is 0 Å². The van der Waals surface area contributed by atoms with E-state index in [2.05, 4.69) is 45.8 Å². The molecule has 11 heteroatoms. The van der Waals surface area contributed by atoms with Gasteiger partial charge in [-0.3, -0.25) is 0 Å². The standard InChI is InChI=1S/C15H38O6Si5/c1-22-18-25(6,10-8-9-16-13-15-14-17-15)19-23(2)21-26(7,20-22)12-11-24(3,4)5/h15,22-23H,8-14H2,1-7H3. The van der Waals surface area contributed by atoms with Gasteiger partial charge in [0.1, 0.15) is 6.10 Å². The summed E-state index contributed by atoms with van der Waals surface area (Å²) >= 11 is 0. The Balaban J connectivity index is 1.83. The molecule has 0 aromatic heterocycles. The van der Waals surface area contributed by atoms with Crippen LogP contribution in [0.3, 0.4) is 0 Å². The lowest BCUT2D eigenvalue weighted by molar-refractivity contribution is 0.115. The van der Waals surface area contributed by atoms with Gasteiger partial charge in [0.2, 0.25) is 0 Å². The van der Waals surface area contributed by atoms with Crippen molar-refractivity contribution >= 4 is 43.8 Å². The van der Waals surface area contributed by atoms with Crippen LogP contribution >= 0.6 is 0 Å². The van der Waals surface area contributed by atoms with Gasteiger partial charge in [0.15, 0.2) is 0 Å². The van der Waals surface area contributed by atoms with Gasteiger partial charge < -0.3 is 25.9 Å². The van der Waals surface area contributed by atoms with Crippen LogP contribution in [0.4, 0.5) is 0 Å². The van der Waals surface area contributed by atoms with Crippen LogP contribution in [-0.2, 0) is 25.9 Å². The lowest BCUT2D eigenvalue weighted by Gasteiger charge is -2.42. The van der Waals surface area contributed by atoms with E-state index in [0.29, 0.717) is 12.7 Å². The van der Waals surface area contributed by atoms with Crippen molar-refractivity contribution in [1.82, 2.24) is 0 Å². The van der Waals surface area contributed by atoms with E-state index in [9.17, 15) is 0 Å². The molecule has 0 saturated carbocycles. The van der Waals surface area contributed by atoms with Gasteiger partial charge in [0, 0.05) is 14.7 Å². The van der Waals surface area contributed by atoms with Gasteiger partial charge >= 0.3 is 35.7 Å². The van der Waals surface area contributed by atoms with Crippen LogP contribution in [0.25, 0.3) is 0 Å². The highest BCUT2D eigenvalue weighted by atomic mass is 28.5. The van der Waals surface area contributed by atoms with Crippen molar-refractivity contribution in [1.29, 1.82) is 0 Å². The molecule has 0 aromatic carbocycles. The van der Waals surface area contributed by atoms with Crippen molar-refractivity contribution in [2.75, 3.05) is 19.8 Å². The summed E-state index contributed by atoms with van der Waals surface area (Å²) in [6.45, 7) is 18.2. The monoisotopic (exact) mass is 454 g/mol. The molecule has 2 aliphatic heterocycles. The average molecular weight is 455 g/mol. The summed E-state index contributed by atoms with van der Waals surface area (Å²) in [6, 6.07) is 3.25. The summed E-state index contributed by atoms with van der Waals surface area (Å²) in [5.74, 6) is 0. The van der Waals surface area contributed by atoms with E-state index >= 15 is 0 Å². The Morgan fingerprint density at radius 1 is 0.962 bits per heavy atom. The molecule has 0 radical (unpaired) electrons. The summed E-state index contributed by atoms with van der Waals surface area (Å²) in [4.78, 5) is 0. The lowest BCUT2D eigenvalue weighted by Crippen LogP contribution is -2.58. The van der Waals surface area contributed by atoms with E-state index in [1.54, 1.807) is 0 Å². The maximum Gasteiger partial charge on any atom is 0.317 e. The third-order valence-electron chi connectivity index (χ3n) is 4.62. The predicted molar refractivity (Wildman–Crippen MR) is 117 cm³/mol. The van der Waals surface area contributed by atoms with Crippen molar-refractivity contribution in [2.24, 2.45) is 0 Å². The minimum atomic E-state index is -2.24. The first-order valence-corrected chi connectivity index (χ1v) is 22.8. The zero-order valence-corrected chi connectivity index (χ0v) is 22.9. The van der Waals surface area contributed by atoms with Crippen molar-refractivity contribution < 1.29 is 25.9 Å². The molecule has 0 amide bonds. The summed E-state index contributed by atoms with van der Waals surface area (Å²) in [5.41, 5.74) is 0. The Labute approximate surface area is 166 Å². The quantitative estimate of drug-likeness (QED) is 0.303. The Kier molecular flexibility index (Phi) is 8.51. The normalized spacial score (nSPS) is 38.7. The topological polar surface area (TPSA) is 58.7 Å². The van der Waals surface area contributed by atoms with Crippen LogP contribution in [0.1, 0.15) is 6.42 Å². The molecule has 154 valence electrons. The fraction of sp³-hybridized carbons (Fsp3) is 1.00. The van der Waals surface area contributed by atoms with E-state index in [1.807, 2.05) is 0 Å². The highest BCUT2D eigenvalue weighted by Crippen LogP contribution is 2.29. The van der Waals surface area contributed by atoms with Gasteiger partial charge in [0.25, 0.3) is 0 Å². The summed E-state index contributed by atoms with van der Waals surface area (Å²) in [7, 11) is -9.01. The number of ether oxygens (including phenoxy) is 2. The van der Waals surface area contributed by atoms with Crippen LogP contribution in [0.2, 0.25) is 64.0 Å². The molecule has 2 heterocycles. The van der Waals surface area contributed by atoms with E-state index in [4.69, 9.17) is 25.9 Å². The van der Waals surface area contributed by atoms with Crippen molar-refractivity contribution in [3.05, 3.63) is 0 Å². The first-order valence-electron chi connectivity index (χ1n) is 9.89. The zero-order valence-electron chi connectivity index (χ0n) is 17.6. The number of hydrogen-bond acceptors (Lipinski definition) is 6. The van der Waals surface area contributed by atoms with Crippen molar-refractivity contribution in [3.63, 3.8) is 0 Å². The second-order valence-electron chi connectivity index (χ2n) is 9.07. The van der Waals surface area contributed by atoms with E-state index in [1.165, 1.54) is 6.04 Å². The molecule has 0 aliphatic carbocycles. The number of epoxide rings is 1. The molecule has 6 nitrogen and oxygen atoms in total. The Morgan fingerprint density at radius 3 is 1.92 bits per heavy atom. The molecule has 3 atom stereocenters. The SMILES string of the molecule is C[SiH]1O[Si](C)(CCCOCC2CO2)O[SiH](C)O[Si](C)(CC[Si](C)(C)C)O1. The van der Waals surface area contributed by atoms with Gasteiger partial charge in [0.05, 0.1) is 13.2 Å². The molecule has 26 heavy (non-hydrogen) atoms. The highest BCUT2D eigenvalue weighted by molar-refractivity contribution is 6.86. The van der Waals surface area contributed by atoms with E-state index < -0.39 is 43.8 Å². The molecule has 3 unspecified atom stereocenters. The van der Waals surface area contributed by atoms with Crippen LogP contribution in [0, 0.1) is 0 Å². The van der Waals surface area contributed by atoms with Crippen molar-refractivity contribution in [3.8, 4) is 0 Å². The minimum Gasteiger partial charge on any atom is -0.418 e. The molecule has 0 N–H and O–H groups in total. The molecule has 2 rings (SSSR count).